The Morgan fingerprint density at radius 3 is 2.45 bits per heavy atom. The van der Waals surface area contributed by atoms with Gasteiger partial charge >= 0.3 is 11.9 Å². The number of carbonyl (C=O) groups is 2. The van der Waals surface area contributed by atoms with Gasteiger partial charge in [-0.15, -0.1) is 0 Å². The fourth-order valence-corrected chi connectivity index (χ4v) is 1.62. The number of benzene rings is 1. The quantitative estimate of drug-likeness (QED) is 0.769. The van der Waals surface area contributed by atoms with Gasteiger partial charge in [0.25, 0.3) is 0 Å². The molecule has 7 heteroatoms. The fraction of sp³-hybridized carbons (Fsp3) is 0.385. The van der Waals surface area contributed by atoms with Gasteiger partial charge in [0.05, 0.1) is 32.3 Å². The Bertz CT molecular complexity index is 502. The molecule has 2 unspecified atom stereocenters. The van der Waals surface area contributed by atoms with E-state index in [4.69, 9.17) is 0 Å². The lowest BCUT2D eigenvalue weighted by Gasteiger charge is -2.18. The van der Waals surface area contributed by atoms with Crippen LogP contribution in [-0.4, -0.2) is 42.5 Å². The third-order valence-corrected chi connectivity index (χ3v) is 2.72. The third-order valence-electron chi connectivity index (χ3n) is 2.72. The molecule has 0 amide bonds. The summed E-state index contributed by atoms with van der Waals surface area (Å²) in [6, 6.07) is 3.72. The molecule has 0 fully saturated rings. The van der Waals surface area contributed by atoms with Crippen molar-refractivity contribution in [3.8, 4) is 0 Å². The van der Waals surface area contributed by atoms with Crippen LogP contribution in [0, 0.1) is 5.82 Å². The number of carbonyl (C=O) groups excluding carboxylic acids is 2. The van der Waals surface area contributed by atoms with Crippen molar-refractivity contribution in [2.24, 2.45) is 0 Å². The zero-order valence-corrected chi connectivity index (χ0v) is 11.0. The summed E-state index contributed by atoms with van der Waals surface area (Å²) in [6.45, 7) is 0. The van der Waals surface area contributed by atoms with Crippen molar-refractivity contribution in [1.29, 1.82) is 0 Å². The van der Waals surface area contributed by atoms with E-state index in [-0.39, 0.29) is 11.1 Å². The molecule has 1 aromatic rings. The summed E-state index contributed by atoms with van der Waals surface area (Å²) in [5, 5.41) is 19.5. The molecule has 0 aliphatic rings. The van der Waals surface area contributed by atoms with E-state index in [9.17, 15) is 24.2 Å². The number of ether oxygens (including phenoxy) is 2. The van der Waals surface area contributed by atoms with Crippen LogP contribution >= 0.6 is 0 Å². The van der Waals surface area contributed by atoms with Crippen molar-refractivity contribution in [2.75, 3.05) is 14.2 Å². The maximum absolute atomic E-state index is 14.1. The highest BCUT2D eigenvalue weighted by Gasteiger charge is 2.26. The van der Waals surface area contributed by atoms with Crippen LogP contribution < -0.4 is 0 Å². The van der Waals surface area contributed by atoms with Gasteiger partial charge in [-0.1, -0.05) is 12.1 Å². The molecule has 0 saturated heterocycles. The SMILES string of the molecule is COC(=O)CC(O)C(O)c1cccc(C(=O)OC)c1F. The first-order chi connectivity index (χ1) is 9.42. The molecule has 0 aliphatic carbocycles. The van der Waals surface area contributed by atoms with E-state index >= 15 is 0 Å². The first-order valence-electron chi connectivity index (χ1n) is 5.72. The Morgan fingerprint density at radius 1 is 1.25 bits per heavy atom. The molecule has 0 bridgehead atoms. The highest BCUT2D eigenvalue weighted by Crippen LogP contribution is 2.24. The predicted molar refractivity (Wildman–Crippen MR) is 65.3 cm³/mol. The van der Waals surface area contributed by atoms with E-state index in [1.807, 2.05) is 0 Å². The molecular weight excluding hydrogens is 271 g/mol. The van der Waals surface area contributed by atoms with Gasteiger partial charge in [-0.05, 0) is 6.07 Å². The number of halogens is 1. The van der Waals surface area contributed by atoms with Gasteiger partial charge < -0.3 is 19.7 Å². The molecule has 0 heterocycles. The summed E-state index contributed by atoms with van der Waals surface area (Å²) in [4.78, 5) is 22.3. The van der Waals surface area contributed by atoms with E-state index < -0.39 is 36.4 Å². The Kier molecular flexibility index (Phi) is 5.60. The number of hydrogen-bond donors (Lipinski definition) is 2. The second kappa shape index (κ2) is 6.97. The molecule has 0 radical (unpaired) electrons. The molecule has 0 saturated carbocycles. The molecule has 6 nitrogen and oxygen atoms in total. The van der Waals surface area contributed by atoms with Crippen LogP contribution in [0.2, 0.25) is 0 Å². The van der Waals surface area contributed by atoms with E-state index in [1.165, 1.54) is 18.2 Å². The monoisotopic (exact) mass is 286 g/mol. The Morgan fingerprint density at radius 2 is 1.90 bits per heavy atom. The number of esters is 2. The normalized spacial score (nSPS) is 13.4. The summed E-state index contributed by atoms with van der Waals surface area (Å²) in [7, 11) is 2.22. The molecular formula is C13H15FO6. The smallest absolute Gasteiger partial charge is 0.340 e. The molecule has 0 aliphatic heterocycles. The first-order valence-corrected chi connectivity index (χ1v) is 5.72. The summed E-state index contributed by atoms with van der Waals surface area (Å²) in [6.07, 6.45) is -3.72. The van der Waals surface area contributed by atoms with Crippen LogP contribution in [0.15, 0.2) is 18.2 Å². The Hall–Kier alpha value is -1.99. The summed E-state index contributed by atoms with van der Waals surface area (Å²) >= 11 is 0. The molecule has 0 aromatic heterocycles. The molecule has 2 atom stereocenters. The minimum Gasteiger partial charge on any atom is -0.469 e. The van der Waals surface area contributed by atoms with Gasteiger partial charge in [-0.3, -0.25) is 4.79 Å². The lowest BCUT2D eigenvalue weighted by atomic mass is 9.99. The lowest BCUT2D eigenvalue weighted by molar-refractivity contribution is -0.144. The van der Waals surface area contributed by atoms with E-state index in [0.717, 1.165) is 14.2 Å². The largest absolute Gasteiger partial charge is 0.469 e. The second-order valence-corrected chi connectivity index (χ2v) is 3.99. The number of hydrogen-bond acceptors (Lipinski definition) is 6. The van der Waals surface area contributed by atoms with Crippen LogP contribution in [0.25, 0.3) is 0 Å². The number of aliphatic hydroxyl groups excluding tert-OH is 2. The topological polar surface area (TPSA) is 93.1 Å². The Labute approximate surface area is 114 Å². The second-order valence-electron chi connectivity index (χ2n) is 3.99. The summed E-state index contributed by atoms with van der Waals surface area (Å²) in [5.41, 5.74) is -0.668. The van der Waals surface area contributed by atoms with E-state index in [1.54, 1.807) is 0 Å². The van der Waals surface area contributed by atoms with Gasteiger partial charge in [0.2, 0.25) is 0 Å². The first kappa shape index (κ1) is 16.1. The third kappa shape index (κ3) is 3.52. The summed E-state index contributed by atoms with van der Waals surface area (Å²) in [5.74, 6) is -2.66. The van der Waals surface area contributed by atoms with Crippen molar-refractivity contribution < 1.29 is 33.7 Å². The average molecular weight is 286 g/mol. The maximum atomic E-state index is 14.1. The number of rotatable bonds is 5. The van der Waals surface area contributed by atoms with Crippen molar-refractivity contribution in [3.05, 3.63) is 35.1 Å². The van der Waals surface area contributed by atoms with Crippen molar-refractivity contribution >= 4 is 11.9 Å². The van der Waals surface area contributed by atoms with Crippen molar-refractivity contribution in [3.63, 3.8) is 0 Å². The van der Waals surface area contributed by atoms with Crippen molar-refractivity contribution in [1.82, 2.24) is 0 Å². The predicted octanol–water partition coefficient (Wildman–Crippen LogP) is 0.570. The molecule has 2 N–H and O–H groups in total. The number of aliphatic hydroxyl groups is 2. The number of methoxy groups -OCH3 is 2. The van der Waals surface area contributed by atoms with Gasteiger partial charge in [0, 0.05) is 5.56 Å². The standard InChI is InChI=1S/C13H15FO6/c1-19-10(16)6-9(15)12(17)7-4-3-5-8(11(7)14)13(18)20-2/h3-5,9,12,15,17H,6H2,1-2H3. The minimum absolute atomic E-state index is 0.302. The van der Waals surface area contributed by atoms with E-state index in [0.29, 0.717) is 0 Å². The highest BCUT2D eigenvalue weighted by atomic mass is 19.1. The molecule has 1 rings (SSSR count). The maximum Gasteiger partial charge on any atom is 0.340 e. The minimum atomic E-state index is -1.67. The zero-order valence-electron chi connectivity index (χ0n) is 11.0. The summed E-state index contributed by atoms with van der Waals surface area (Å²) < 4.78 is 22.8. The Balaban J connectivity index is 3.01. The average Bonchev–Trinajstić information content (AvgIpc) is 2.45. The van der Waals surface area contributed by atoms with Gasteiger partial charge in [0.1, 0.15) is 11.9 Å². The van der Waals surface area contributed by atoms with Crippen LogP contribution in [0.5, 0.6) is 0 Å². The van der Waals surface area contributed by atoms with Crippen LogP contribution in [-0.2, 0) is 14.3 Å². The van der Waals surface area contributed by atoms with Crippen LogP contribution in [0.1, 0.15) is 28.4 Å². The van der Waals surface area contributed by atoms with E-state index in [2.05, 4.69) is 9.47 Å². The molecule has 0 spiro atoms. The molecule has 1 aromatic carbocycles. The molecule has 20 heavy (non-hydrogen) atoms. The molecule has 110 valence electrons. The van der Waals surface area contributed by atoms with Crippen LogP contribution in [0.3, 0.4) is 0 Å². The van der Waals surface area contributed by atoms with Crippen molar-refractivity contribution in [2.45, 2.75) is 18.6 Å². The highest BCUT2D eigenvalue weighted by molar-refractivity contribution is 5.89. The van der Waals surface area contributed by atoms with Gasteiger partial charge in [-0.2, -0.15) is 0 Å². The van der Waals surface area contributed by atoms with Crippen LogP contribution in [0.4, 0.5) is 4.39 Å². The lowest BCUT2D eigenvalue weighted by Crippen LogP contribution is -2.24. The van der Waals surface area contributed by atoms with Gasteiger partial charge in [-0.25, -0.2) is 9.18 Å². The van der Waals surface area contributed by atoms with Gasteiger partial charge in [0.15, 0.2) is 0 Å². The fourth-order valence-electron chi connectivity index (χ4n) is 1.62. The zero-order chi connectivity index (χ0) is 15.3.